The Morgan fingerprint density at radius 1 is 0.755 bits per heavy atom. The smallest absolute Gasteiger partial charge is 0.187 e. The van der Waals surface area contributed by atoms with Crippen molar-refractivity contribution in [1.29, 1.82) is 0 Å². The van der Waals surface area contributed by atoms with Gasteiger partial charge in [0.25, 0.3) is 0 Å². The number of benzene rings is 6. The molecule has 0 fully saturated rings. The van der Waals surface area contributed by atoms with Crippen LogP contribution >= 0.6 is 0 Å². The van der Waals surface area contributed by atoms with Gasteiger partial charge in [-0.15, -0.1) is 53.6 Å². The van der Waals surface area contributed by atoms with Crippen molar-refractivity contribution in [1.82, 2.24) is 9.55 Å². The van der Waals surface area contributed by atoms with E-state index in [1.54, 1.807) is 6.07 Å². The van der Waals surface area contributed by atoms with Gasteiger partial charge in [-0.2, -0.15) is 6.07 Å². The van der Waals surface area contributed by atoms with E-state index in [9.17, 15) is 4.39 Å². The fourth-order valence-electron chi connectivity index (χ4n) is 6.84. The maximum Gasteiger partial charge on any atom is 0.187 e. The first-order chi connectivity index (χ1) is 25.6. The van der Waals surface area contributed by atoms with Crippen molar-refractivity contribution in [2.75, 3.05) is 9.80 Å². The minimum absolute atomic E-state index is 0. The molecule has 0 saturated carbocycles. The van der Waals surface area contributed by atoms with E-state index in [0.717, 1.165) is 62.2 Å². The number of ether oxygens (including phenoxy) is 1. The fraction of sp³-hybridized carbons (Fsp3) is 0.0444. The van der Waals surface area contributed by atoms with Crippen LogP contribution in [0.5, 0.6) is 11.5 Å². The van der Waals surface area contributed by atoms with E-state index >= 15 is 0 Å². The molecule has 0 spiro atoms. The first-order valence-corrected chi connectivity index (χ1v) is 17.0. The Bertz CT molecular complexity index is 2680. The summed E-state index contributed by atoms with van der Waals surface area (Å²) in [5, 5.41) is 2.15. The van der Waals surface area contributed by atoms with Gasteiger partial charge < -0.3 is 19.1 Å². The molecule has 0 N–H and O–H groups in total. The molecule has 260 valence electrons. The Kier molecular flexibility index (Phi) is 9.00. The monoisotopic (exact) mass is 869 g/mol. The Morgan fingerprint density at radius 3 is 2.34 bits per heavy atom. The van der Waals surface area contributed by atoms with Crippen LogP contribution in [0.15, 0.2) is 140 Å². The maximum absolute atomic E-state index is 14.4. The van der Waals surface area contributed by atoms with Crippen LogP contribution in [0, 0.1) is 31.2 Å². The van der Waals surface area contributed by atoms with Gasteiger partial charge in [-0.25, -0.2) is 14.2 Å². The molecule has 2 aromatic heterocycles. The average Bonchev–Trinajstić information content (AvgIpc) is 3.74. The number of fused-ring (bicyclic) bond motifs is 4. The van der Waals surface area contributed by atoms with E-state index in [-0.39, 0.29) is 26.9 Å². The van der Waals surface area contributed by atoms with E-state index in [1.807, 2.05) is 114 Å². The van der Waals surface area contributed by atoms with Gasteiger partial charge in [0.2, 0.25) is 0 Å². The SMILES string of the molecule is [C-]#[N+]c1ccc(-c2cc(Oc3[c-]c4c(cc3)c3ccccc3n4-c3cc(CC)ccn3)[c-]c(N3[CH-]N(c4cccc(F)c4)c4ccccc43)c2)cc1.[Pt]. The number of halogens is 1. The quantitative estimate of drug-likeness (QED) is 0.150. The molecule has 8 aromatic rings. The van der Waals surface area contributed by atoms with Crippen molar-refractivity contribution in [3.63, 3.8) is 0 Å². The number of anilines is 4. The van der Waals surface area contributed by atoms with Crippen molar-refractivity contribution >= 4 is 50.2 Å². The van der Waals surface area contributed by atoms with Crippen LogP contribution < -0.4 is 14.5 Å². The largest absolute Gasteiger partial charge is 0.509 e. The van der Waals surface area contributed by atoms with Crippen LogP contribution in [0.4, 0.5) is 32.8 Å². The van der Waals surface area contributed by atoms with Gasteiger partial charge in [-0.05, 0) is 71.5 Å². The van der Waals surface area contributed by atoms with Crippen molar-refractivity contribution in [2.45, 2.75) is 13.3 Å². The van der Waals surface area contributed by atoms with Crippen molar-refractivity contribution in [3.8, 4) is 28.4 Å². The van der Waals surface area contributed by atoms with Crippen molar-refractivity contribution < 1.29 is 30.2 Å². The number of hydrogen-bond acceptors (Lipinski definition) is 4. The second kappa shape index (κ2) is 14.1. The van der Waals surface area contributed by atoms with E-state index in [0.29, 0.717) is 22.9 Å². The molecule has 0 bridgehead atoms. The Hall–Kier alpha value is -6.22. The van der Waals surface area contributed by atoms with Crippen LogP contribution in [0.1, 0.15) is 12.5 Å². The zero-order valence-corrected chi connectivity index (χ0v) is 30.7. The van der Waals surface area contributed by atoms with E-state index in [1.165, 1.54) is 17.7 Å². The van der Waals surface area contributed by atoms with Gasteiger partial charge in [-0.3, -0.25) is 0 Å². The molecule has 0 amide bonds. The number of para-hydroxylation sites is 3. The topological polar surface area (TPSA) is 37.9 Å². The molecule has 3 heterocycles. The van der Waals surface area contributed by atoms with Crippen LogP contribution in [0.2, 0.25) is 0 Å². The number of aryl methyl sites for hydroxylation is 1. The third-order valence-corrected chi connectivity index (χ3v) is 9.36. The number of rotatable bonds is 7. The minimum atomic E-state index is -0.310. The van der Waals surface area contributed by atoms with Crippen molar-refractivity contribution in [2.24, 2.45) is 0 Å². The third-order valence-electron chi connectivity index (χ3n) is 9.36. The van der Waals surface area contributed by atoms with Gasteiger partial charge in [0.15, 0.2) is 5.69 Å². The molecule has 6 aromatic carbocycles. The molecular formula is C45H29FN5OPt-3. The van der Waals surface area contributed by atoms with Gasteiger partial charge >= 0.3 is 0 Å². The number of pyridine rings is 1. The summed E-state index contributed by atoms with van der Waals surface area (Å²) in [6, 6.07) is 49.5. The maximum atomic E-state index is 14.4. The van der Waals surface area contributed by atoms with Crippen LogP contribution in [0.25, 0.3) is 43.6 Å². The molecular weight excluding hydrogens is 841 g/mol. The predicted molar refractivity (Wildman–Crippen MR) is 205 cm³/mol. The van der Waals surface area contributed by atoms with E-state index < -0.39 is 0 Å². The third kappa shape index (κ3) is 6.22. The standard InChI is InChI=1S/C45H29FN5O.Pt/c1-3-30-21-22-48-45(23-30)51-41-12-5-4-11-39(41)40-20-19-37(28-44(40)51)52-38-25-32(31-15-17-34(47-2)18-16-31)24-36(27-38)50-29-49(35-10-8-9-33(46)26-35)42-13-6-7-14-43(42)50;/h4-26,29H,3H2,1H3;/q-3;. The summed E-state index contributed by atoms with van der Waals surface area (Å²) in [6.07, 6.45) is 2.75. The summed E-state index contributed by atoms with van der Waals surface area (Å²) in [5.74, 6) is 1.53. The van der Waals surface area contributed by atoms with Gasteiger partial charge in [0, 0.05) is 61.3 Å². The van der Waals surface area contributed by atoms with Crippen molar-refractivity contribution in [3.05, 3.63) is 181 Å². The summed E-state index contributed by atoms with van der Waals surface area (Å²) in [5.41, 5.74) is 8.70. The zero-order chi connectivity index (χ0) is 35.2. The molecule has 0 radical (unpaired) electrons. The Balaban J connectivity index is 0.00000400. The predicted octanol–water partition coefficient (Wildman–Crippen LogP) is 11.9. The number of nitrogens with zero attached hydrogens (tertiary/aromatic N) is 5. The van der Waals surface area contributed by atoms with Gasteiger partial charge in [0.1, 0.15) is 11.6 Å². The second-order valence-electron chi connectivity index (χ2n) is 12.5. The molecule has 53 heavy (non-hydrogen) atoms. The molecule has 1 aliphatic rings. The molecule has 6 nitrogen and oxygen atoms in total. The Labute approximate surface area is 321 Å². The number of hydrogen-bond donors (Lipinski definition) is 0. The van der Waals surface area contributed by atoms with Gasteiger partial charge in [-0.1, -0.05) is 73.1 Å². The molecule has 0 unspecified atom stereocenters. The van der Waals surface area contributed by atoms with E-state index in [2.05, 4.69) is 52.7 Å². The van der Waals surface area contributed by atoms with Crippen LogP contribution in [-0.4, -0.2) is 9.55 Å². The molecule has 8 heteroatoms. The first-order valence-electron chi connectivity index (χ1n) is 17.0. The van der Waals surface area contributed by atoms with Gasteiger partial charge in [0.05, 0.1) is 6.57 Å². The molecule has 0 saturated heterocycles. The first kappa shape index (κ1) is 33.9. The molecule has 0 atom stereocenters. The molecule has 9 rings (SSSR count). The summed E-state index contributed by atoms with van der Waals surface area (Å²) in [7, 11) is 0. The summed E-state index contributed by atoms with van der Waals surface area (Å²) < 4.78 is 23.2. The summed E-state index contributed by atoms with van der Waals surface area (Å²) in [6.45, 7) is 11.5. The van der Waals surface area contributed by atoms with Crippen LogP contribution in [-0.2, 0) is 27.5 Å². The fourth-order valence-corrected chi connectivity index (χ4v) is 6.84. The summed E-state index contributed by atoms with van der Waals surface area (Å²) >= 11 is 0. The van der Waals surface area contributed by atoms with E-state index in [4.69, 9.17) is 16.3 Å². The zero-order valence-electron chi connectivity index (χ0n) is 28.4. The van der Waals surface area contributed by atoms with Crippen LogP contribution in [0.3, 0.4) is 0 Å². The summed E-state index contributed by atoms with van der Waals surface area (Å²) in [4.78, 5) is 12.3. The molecule has 1 aliphatic heterocycles. The molecule has 0 aliphatic carbocycles. The minimum Gasteiger partial charge on any atom is -0.509 e. The normalized spacial score (nSPS) is 12.1. The number of aromatic nitrogens is 2. The second-order valence-corrected chi connectivity index (χ2v) is 12.5. The average molecular weight is 870 g/mol. The Morgan fingerprint density at radius 2 is 1.55 bits per heavy atom.